The van der Waals surface area contributed by atoms with Gasteiger partial charge in [-0.25, -0.2) is 0 Å². The minimum absolute atomic E-state index is 0. The van der Waals surface area contributed by atoms with Crippen molar-refractivity contribution < 1.29 is 14.5 Å². The summed E-state index contributed by atoms with van der Waals surface area (Å²) in [6.07, 6.45) is 0. The third-order valence-electron chi connectivity index (χ3n) is 3.94. The van der Waals surface area contributed by atoms with Crippen LogP contribution in [0.4, 0.5) is 5.69 Å². The van der Waals surface area contributed by atoms with Crippen molar-refractivity contribution in [2.24, 2.45) is 11.1 Å². The minimum Gasteiger partial charge on any atom is -0.457 e. The summed E-state index contributed by atoms with van der Waals surface area (Å²) in [6.45, 7) is 4.72. The molecule has 27 heavy (non-hydrogen) atoms. The molecule has 0 aromatic heterocycles. The van der Waals surface area contributed by atoms with E-state index in [1.165, 1.54) is 23.1 Å². The van der Waals surface area contributed by atoms with Gasteiger partial charge in [0.05, 0.1) is 10.5 Å². The molecule has 0 saturated carbocycles. The average molecular weight is 394 g/mol. The van der Waals surface area contributed by atoms with E-state index in [4.69, 9.17) is 10.5 Å². The Balaban J connectivity index is 0.00000364. The number of hydrogen-bond donors (Lipinski definition) is 1. The van der Waals surface area contributed by atoms with Gasteiger partial charge in [-0.15, -0.1) is 12.4 Å². The van der Waals surface area contributed by atoms with E-state index in [0.29, 0.717) is 18.8 Å². The Morgan fingerprint density at radius 1 is 1.22 bits per heavy atom. The van der Waals surface area contributed by atoms with E-state index in [0.717, 1.165) is 0 Å². The van der Waals surface area contributed by atoms with Crippen LogP contribution in [0.25, 0.3) is 0 Å². The lowest BCUT2D eigenvalue weighted by molar-refractivity contribution is -0.384. The fraction of sp³-hybridized carbons (Fsp3) is 0.316. The summed E-state index contributed by atoms with van der Waals surface area (Å²) in [7, 11) is 1.64. The number of benzene rings is 2. The van der Waals surface area contributed by atoms with Gasteiger partial charge in [0.15, 0.2) is 0 Å². The SMILES string of the molecule is CN(CC(C)(C)CN)C(=O)c1cc([N+](=O)[O-])ccc1Oc1ccccc1.Cl. The second-order valence-electron chi connectivity index (χ2n) is 6.88. The highest BCUT2D eigenvalue weighted by atomic mass is 35.5. The molecule has 0 spiro atoms. The molecule has 2 aromatic carbocycles. The van der Waals surface area contributed by atoms with Crippen molar-refractivity contribution in [2.45, 2.75) is 13.8 Å². The molecular formula is C19H24ClN3O4. The standard InChI is InChI=1S/C19H23N3O4.ClH/c1-19(2,12-20)13-21(3)18(23)16-11-14(22(24)25)9-10-17(16)26-15-7-5-4-6-8-15;/h4-11H,12-13,20H2,1-3H3;1H. The lowest BCUT2D eigenvalue weighted by Gasteiger charge is -2.29. The first-order valence-electron chi connectivity index (χ1n) is 8.20. The maximum absolute atomic E-state index is 12.9. The number of rotatable bonds is 7. The van der Waals surface area contributed by atoms with E-state index < -0.39 is 4.92 Å². The molecule has 7 nitrogen and oxygen atoms in total. The molecular weight excluding hydrogens is 370 g/mol. The lowest BCUT2D eigenvalue weighted by Crippen LogP contribution is -2.39. The highest BCUT2D eigenvalue weighted by molar-refractivity contribution is 5.97. The summed E-state index contributed by atoms with van der Waals surface area (Å²) in [5.41, 5.74) is 5.44. The Labute approximate surface area is 164 Å². The Bertz CT molecular complexity index is 797. The van der Waals surface area contributed by atoms with E-state index in [1.54, 1.807) is 31.3 Å². The van der Waals surface area contributed by atoms with Crippen molar-refractivity contribution in [3.63, 3.8) is 0 Å². The smallest absolute Gasteiger partial charge is 0.270 e. The summed E-state index contributed by atoms with van der Waals surface area (Å²) in [5.74, 6) is 0.450. The molecule has 0 fully saturated rings. The quantitative estimate of drug-likeness (QED) is 0.568. The second-order valence-corrected chi connectivity index (χ2v) is 6.88. The summed E-state index contributed by atoms with van der Waals surface area (Å²) in [4.78, 5) is 25.0. The average Bonchev–Trinajstić information content (AvgIpc) is 2.61. The van der Waals surface area contributed by atoms with Crippen molar-refractivity contribution in [1.29, 1.82) is 0 Å². The summed E-state index contributed by atoms with van der Waals surface area (Å²) >= 11 is 0. The van der Waals surface area contributed by atoms with Gasteiger partial charge in [-0.1, -0.05) is 32.0 Å². The van der Waals surface area contributed by atoms with Crippen molar-refractivity contribution in [3.8, 4) is 11.5 Å². The fourth-order valence-corrected chi connectivity index (χ4v) is 2.49. The van der Waals surface area contributed by atoms with Crippen LogP contribution in [0.5, 0.6) is 11.5 Å². The van der Waals surface area contributed by atoms with Crippen molar-refractivity contribution in [3.05, 3.63) is 64.2 Å². The van der Waals surface area contributed by atoms with E-state index >= 15 is 0 Å². The van der Waals surface area contributed by atoms with Gasteiger partial charge in [0.2, 0.25) is 0 Å². The zero-order chi connectivity index (χ0) is 19.3. The number of nitrogens with two attached hydrogens (primary N) is 1. The lowest BCUT2D eigenvalue weighted by atomic mass is 9.93. The number of non-ortho nitro benzene ring substituents is 1. The Morgan fingerprint density at radius 2 is 1.85 bits per heavy atom. The first-order valence-corrected chi connectivity index (χ1v) is 8.20. The minimum atomic E-state index is -0.535. The number of halogens is 1. The number of amides is 1. The third-order valence-corrected chi connectivity index (χ3v) is 3.94. The molecule has 0 aliphatic rings. The van der Waals surface area contributed by atoms with E-state index in [9.17, 15) is 14.9 Å². The maximum atomic E-state index is 12.9. The van der Waals surface area contributed by atoms with Gasteiger partial charge in [-0.05, 0) is 30.2 Å². The third kappa shape index (κ3) is 5.94. The Morgan fingerprint density at radius 3 is 2.41 bits per heavy atom. The van der Waals surface area contributed by atoms with E-state index in [2.05, 4.69) is 0 Å². The topological polar surface area (TPSA) is 98.7 Å². The predicted octanol–water partition coefficient (Wildman–Crippen LogP) is 3.87. The van der Waals surface area contributed by atoms with Gasteiger partial charge in [-0.3, -0.25) is 14.9 Å². The highest BCUT2D eigenvalue weighted by Gasteiger charge is 2.25. The van der Waals surface area contributed by atoms with Crippen LogP contribution in [0.1, 0.15) is 24.2 Å². The van der Waals surface area contributed by atoms with Crippen LogP contribution in [0, 0.1) is 15.5 Å². The molecule has 0 radical (unpaired) electrons. The van der Waals surface area contributed by atoms with Gasteiger partial charge in [0, 0.05) is 25.7 Å². The first kappa shape index (κ1) is 22.4. The Hall–Kier alpha value is -2.64. The summed E-state index contributed by atoms with van der Waals surface area (Å²) < 4.78 is 5.78. The molecule has 0 bridgehead atoms. The number of nitrogens with zero attached hydrogens (tertiary/aromatic N) is 2. The van der Waals surface area contributed by atoms with Crippen LogP contribution < -0.4 is 10.5 Å². The van der Waals surface area contributed by atoms with Gasteiger partial charge in [0.25, 0.3) is 11.6 Å². The molecule has 2 rings (SSSR count). The molecule has 146 valence electrons. The molecule has 1 amide bonds. The molecule has 0 aliphatic carbocycles. The van der Waals surface area contributed by atoms with Crippen LogP contribution in [-0.4, -0.2) is 35.9 Å². The summed E-state index contributed by atoms with van der Waals surface area (Å²) in [6, 6.07) is 13.0. The van der Waals surface area contributed by atoms with Gasteiger partial charge in [-0.2, -0.15) is 0 Å². The molecule has 8 heteroatoms. The van der Waals surface area contributed by atoms with Crippen molar-refractivity contribution >= 4 is 24.0 Å². The largest absolute Gasteiger partial charge is 0.457 e. The molecule has 2 aromatic rings. The molecule has 2 N–H and O–H groups in total. The number of carbonyl (C=O) groups is 1. The van der Waals surface area contributed by atoms with Gasteiger partial charge < -0.3 is 15.4 Å². The first-order chi connectivity index (χ1) is 12.2. The highest BCUT2D eigenvalue weighted by Crippen LogP contribution is 2.30. The van der Waals surface area contributed by atoms with Crippen LogP contribution in [0.2, 0.25) is 0 Å². The molecule has 0 heterocycles. The van der Waals surface area contributed by atoms with Crippen molar-refractivity contribution in [1.82, 2.24) is 4.90 Å². The number of nitro benzene ring substituents is 1. The monoisotopic (exact) mass is 393 g/mol. The number of hydrogen-bond acceptors (Lipinski definition) is 5. The number of nitro groups is 1. The van der Waals surface area contributed by atoms with Crippen LogP contribution in [0.15, 0.2) is 48.5 Å². The maximum Gasteiger partial charge on any atom is 0.270 e. The van der Waals surface area contributed by atoms with Crippen LogP contribution in [-0.2, 0) is 0 Å². The normalized spacial score (nSPS) is 10.7. The second kappa shape index (κ2) is 9.34. The molecule has 0 aliphatic heterocycles. The number of carbonyl (C=O) groups excluding carboxylic acids is 1. The van der Waals surface area contributed by atoms with E-state index in [1.807, 2.05) is 19.9 Å². The van der Waals surface area contributed by atoms with E-state index in [-0.39, 0.29) is 40.7 Å². The van der Waals surface area contributed by atoms with Crippen LogP contribution >= 0.6 is 12.4 Å². The fourth-order valence-electron chi connectivity index (χ4n) is 2.49. The zero-order valence-electron chi connectivity index (χ0n) is 15.5. The molecule has 0 atom stereocenters. The predicted molar refractivity (Wildman–Crippen MR) is 107 cm³/mol. The van der Waals surface area contributed by atoms with Crippen molar-refractivity contribution in [2.75, 3.05) is 20.1 Å². The number of ether oxygens (including phenoxy) is 1. The number of para-hydroxylation sites is 1. The zero-order valence-corrected chi connectivity index (χ0v) is 16.4. The molecule has 0 saturated heterocycles. The van der Waals surface area contributed by atoms with Gasteiger partial charge >= 0.3 is 0 Å². The Kier molecular flexibility index (Phi) is 7.75. The van der Waals surface area contributed by atoms with Gasteiger partial charge in [0.1, 0.15) is 11.5 Å². The molecule has 0 unspecified atom stereocenters. The summed E-state index contributed by atoms with van der Waals surface area (Å²) in [5, 5.41) is 11.1. The van der Waals surface area contributed by atoms with Crippen LogP contribution in [0.3, 0.4) is 0 Å².